The van der Waals surface area contributed by atoms with Crippen molar-refractivity contribution >= 4 is 22.4 Å². The highest BCUT2D eigenvalue weighted by Gasteiger charge is 2.24. The minimum absolute atomic E-state index is 0.0279. The van der Waals surface area contributed by atoms with Crippen molar-refractivity contribution in [2.45, 2.75) is 13.0 Å². The molecule has 0 amide bonds. The average molecular weight is 410 g/mol. The van der Waals surface area contributed by atoms with Crippen molar-refractivity contribution < 1.29 is 19.7 Å². The second kappa shape index (κ2) is 9.25. The van der Waals surface area contributed by atoms with Gasteiger partial charge in [0.05, 0.1) is 18.7 Å². The quantitative estimate of drug-likeness (QED) is 0.519. The third-order valence-corrected chi connectivity index (χ3v) is 4.99. The van der Waals surface area contributed by atoms with E-state index in [4.69, 9.17) is 9.47 Å². The standard InChI is InChI=1S/C22H26N4O4/c1-15-3-2-4-16(9-15)25-22-18-10-21-20(11-19(18)23-14-24-22)29-13-17(30-21)12-26(5-7-27)6-8-28/h2-4,9-11,14,17,27-28H,5-8,12-13H2,1H3,(H,23,24,25). The number of fused-ring (bicyclic) bond motifs is 2. The molecule has 0 spiro atoms. The first-order valence-corrected chi connectivity index (χ1v) is 10.0. The molecule has 0 fully saturated rings. The minimum Gasteiger partial charge on any atom is -0.486 e. The Labute approximate surface area is 175 Å². The maximum atomic E-state index is 9.22. The topological polar surface area (TPSA) is 100.0 Å². The van der Waals surface area contributed by atoms with Gasteiger partial charge in [0.25, 0.3) is 0 Å². The number of aliphatic hydroxyl groups excluding tert-OH is 2. The maximum absolute atomic E-state index is 9.22. The number of rotatable bonds is 8. The van der Waals surface area contributed by atoms with Crippen LogP contribution in [0.4, 0.5) is 11.5 Å². The molecule has 4 rings (SSSR count). The van der Waals surface area contributed by atoms with E-state index >= 15 is 0 Å². The van der Waals surface area contributed by atoms with Crippen LogP contribution in [0.3, 0.4) is 0 Å². The Hall–Kier alpha value is -2.94. The predicted molar refractivity (Wildman–Crippen MR) is 115 cm³/mol. The van der Waals surface area contributed by atoms with Gasteiger partial charge in [-0.3, -0.25) is 4.90 Å². The van der Waals surface area contributed by atoms with Crippen molar-refractivity contribution in [2.75, 3.05) is 44.8 Å². The van der Waals surface area contributed by atoms with Crippen LogP contribution in [0.5, 0.6) is 11.5 Å². The Morgan fingerprint density at radius 2 is 1.93 bits per heavy atom. The zero-order valence-electron chi connectivity index (χ0n) is 16.9. The van der Waals surface area contributed by atoms with Crippen molar-refractivity contribution in [3.63, 3.8) is 0 Å². The number of nitrogens with one attached hydrogen (secondary N) is 1. The van der Waals surface area contributed by atoms with E-state index in [9.17, 15) is 10.2 Å². The van der Waals surface area contributed by atoms with Gasteiger partial charge in [-0.15, -0.1) is 0 Å². The van der Waals surface area contributed by atoms with E-state index in [1.165, 1.54) is 6.33 Å². The molecule has 8 heteroatoms. The van der Waals surface area contributed by atoms with Crippen LogP contribution in [0.2, 0.25) is 0 Å². The molecule has 1 unspecified atom stereocenters. The van der Waals surface area contributed by atoms with Gasteiger partial charge in [0.2, 0.25) is 0 Å². The van der Waals surface area contributed by atoms with E-state index in [-0.39, 0.29) is 19.3 Å². The van der Waals surface area contributed by atoms with Crippen LogP contribution in [0.15, 0.2) is 42.7 Å². The van der Waals surface area contributed by atoms with Gasteiger partial charge in [-0.2, -0.15) is 0 Å². The summed E-state index contributed by atoms with van der Waals surface area (Å²) in [5.74, 6) is 1.98. The second-order valence-electron chi connectivity index (χ2n) is 7.33. The lowest BCUT2D eigenvalue weighted by atomic mass is 10.1. The van der Waals surface area contributed by atoms with Gasteiger partial charge in [0, 0.05) is 36.8 Å². The summed E-state index contributed by atoms with van der Waals surface area (Å²) in [5, 5.41) is 22.6. The van der Waals surface area contributed by atoms with Crippen LogP contribution in [0, 0.1) is 6.92 Å². The molecule has 2 heterocycles. The molecule has 0 bridgehead atoms. The van der Waals surface area contributed by atoms with E-state index in [1.54, 1.807) is 0 Å². The number of hydrogen-bond acceptors (Lipinski definition) is 8. The summed E-state index contributed by atoms with van der Waals surface area (Å²) in [6, 6.07) is 11.8. The first-order chi connectivity index (χ1) is 14.7. The number of aryl methyl sites for hydroxylation is 1. The summed E-state index contributed by atoms with van der Waals surface area (Å²) in [6.07, 6.45) is 1.33. The fourth-order valence-electron chi connectivity index (χ4n) is 3.58. The molecule has 8 nitrogen and oxygen atoms in total. The number of benzene rings is 2. The summed E-state index contributed by atoms with van der Waals surface area (Å²) in [7, 11) is 0. The number of ether oxygens (including phenoxy) is 2. The number of hydrogen-bond donors (Lipinski definition) is 3. The maximum Gasteiger partial charge on any atom is 0.163 e. The van der Waals surface area contributed by atoms with E-state index in [0.29, 0.717) is 43.6 Å². The zero-order valence-corrected chi connectivity index (χ0v) is 16.9. The van der Waals surface area contributed by atoms with Crippen molar-refractivity contribution in [2.24, 2.45) is 0 Å². The highest BCUT2D eigenvalue weighted by molar-refractivity contribution is 5.93. The van der Waals surface area contributed by atoms with Gasteiger partial charge >= 0.3 is 0 Å². The molecule has 3 N–H and O–H groups in total. The van der Waals surface area contributed by atoms with Crippen molar-refractivity contribution in [3.8, 4) is 11.5 Å². The second-order valence-corrected chi connectivity index (χ2v) is 7.33. The van der Waals surface area contributed by atoms with Crippen LogP contribution in [-0.4, -0.2) is 70.6 Å². The third kappa shape index (κ3) is 4.62. The molecule has 0 saturated heterocycles. The molecule has 30 heavy (non-hydrogen) atoms. The largest absolute Gasteiger partial charge is 0.486 e. The van der Waals surface area contributed by atoms with Gasteiger partial charge in [-0.05, 0) is 30.7 Å². The van der Waals surface area contributed by atoms with Crippen LogP contribution < -0.4 is 14.8 Å². The van der Waals surface area contributed by atoms with Gasteiger partial charge in [0.1, 0.15) is 24.9 Å². The highest BCUT2D eigenvalue weighted by atomic mass is 16.6. The minimum atomic E-state index is -0.203. The molecule has 1 aliphatic heterocycles. The molecule has 3 aromatic rings. The lowest BCUT2D eigenvalue weighted by molar-refractivity contribution is 0.0483. The Morgan fingerprint density at radius 3 is 2.70 bits per heavy atom. The smallest absolute Gasteiger partial charge is 0.163 e. The Bertz CT molecular complexity index is 1010. The fourth-order valence-corrected chi connectivity index (χ4v) is 3.58. The van der Waals surface area contributed by atoms with Crippen LogP contribution in [0.1, 0.15) is 5.56 Å². The first kappa shape index (κ1) is 20.3. The van der Waals surface area contributed by atoms with Crippen molar-refractivity contribution in [1.82, 2.24) is 14.9 Å². The predicted octanol–water partition coefficient (Wildman–Crippen LogP) is 2.11. The molecule has 2 aromatic carbocycles. The fraction of sp³-hybridized carbons (Fsp3) is 0.364. The molecule has 1 aromatic heterocycles. The Balaban J connectivity index is 1.58. The number of nitrogens with zero attached hydrogens (tertiary/aromatic N) is 3. The summed E-state index contributed by atoms with van der Waals surface area (Å²) < 4.78 is 12.1. The van der Waals surface area contributed by atoms with E-state index in [2.05, 4.69) is 21.4 Å². The molecule has 1 atom stereocenters. The third-order valence-electron chi connectivity index (χ3n) is 4.99. The molecule has 0 radical (unpaired) electrons. The summed E-state index contributed by atoms with van der Waals surface area (Å²) in [5.41, 5.74) is 2.88. The Morgan fingerprint density at radius 1 is 1.10 bits per heavy atom. The van der Waals surface area contributed by atoms with Crippen molar-refractivity contribution in [3.05, 3.63) is 48.3 Å². The van der Waals surface area contributed by atoms with Gasteiger partial charge in [-0.25, -0.2) is 9.97 Å². The van der Waals surface area contributed by atoms with E-state index in [0.717, 1.165) is 22.2 Å². The molecule has 0 aliphatic carbocycles. The zero-order chi connectivity index (χ0) is 20.9. The van der Waals surface area contributed by atoms with Gasteiger partial charge < -0.3 is 25.0 Å². The number of aromatic nitrogens is 2. The molecule has 0 saturated carbocycles. The summed E-state index contributed by atoms with van der Waals surface area (Å²) in [6.45, 7) is 4.00. The molecular formula is C22H26N4O4. The van der Waals surface area contributed by atoms with Gasteiger partial charge in [-0.1, -0.05) is 12.1 Å². The lowest BCUT2D eigenvalue weighted by Gasteiger charge is -2.31. The average Bonchev–Trinajstić information content (AvgIpc) is 2.73. The van der Waals surface area contributed by atoms with Crippen LogP contribution in [0.25, 0.3) is 10.9 Å². The molecular weight excluding hydrogens is 384 g/mol. The monoisotopic (exact) mass is 410 g/mol. The molecule has 1 aliphatic rings. The Kier molecular flexibility index (Phi) is 6.27. The lowest BCUT2D eigenvalue weighted by Crippen LogP contribution is -2.43. The van der Waals surface area contributed by atoms with E-state index in [1.807, 2.05) is 42.2 Å². The van der Waals surface area contributed by atoms with Crippen LogP contribution in [-0.2, 0) is 0 Å². The van der Waals surface area contributed by atoms with Crippen molar-refractivity contribution in [1.29, 1.82) is 0 Å². The van der Waals surface area contributed by atoms with E-state index < -0.39 is 0 Å². The SMILES string of the molecule is Cc1cccc(Nc2ncnc3cc4c(cc23)OC(CN(CCO)CCO)CO4)c1. The highest BCUT2D eigenvalue weighted by Crippen LogP contribution is 2.37. The summed E-state index contributed by atoms with van der Waals surface area (Å²) in [4.78, 5) is 10.7. The summed E-state index contributed by atoms with van der Waals surface area (Å²) >= 11 is 0. The van der Waals surface area contributed by atoms with Crippen LogP contribution >= 0.6 is 0 Å². The number of aliphatic hydroxyl groups is 2. The normalized spacial score (nSPS) is 15.5. The number of anilines is 2. The van der Waals surface area contributed by atoms with Gasteiger partial charge in [0.15, 0.2) is 11.5 Å². The first-order valence-electron chi connectivity index (χ1n) is 10.0. The molecule has 158 valence electrons.